The topological polar surface area (TPSA) is 49.3 Å². The normalized spacial score (nSPS) is 12.7. The second-order valence-corrected chi connectivity index (χ2v) is 3.05. The lowest BCUT2D eigenvalue weighted by Crippen LogP contribution is -2.41. The zero-order valence-electron chi connectivity index (χ0n) is 7.86. The molecule has 0 amide bonds. The summed E-state index contributed by atoms with van der Waals surface area (Å²) in [5.74, 6) is -1.28. The van der Waals surface area contributed by atoms with E-state index in [9.17, 15) is 13.6 Å². The lowest BCUT2D eigenvalue weighted by atomic mass is 10.1. The summed E-state index contributed by atoms with van der Waals surface area (Å²) in [6, 6.07) is 7.38. The molecule has 1 unspecified atom stereocenters. The van der Waals surface area contributed by atoms with E-state index in [1.54, 1.807) is 35.6 Å². The van der Waals surface area contributed by atoms with Crippen molar-refractivity contribution in [3.05, 3.63) is 35.9 Å². The third-order valence-corrected chi connectivity index (χ3v) is 1.91. The van der Waals surface area contributed by atoms with Crippen molar-refractivity contribution in [2.24, 2.45) is 0 Å². The minimum absolute atomic E-state index is 0.0422. The van der Waals surface area contributed by atoms with Crippen LogP contribution in [0.5, 0.6) is 0 Å². The van der Waals surface area contributed by atoms with Crippen LogP contribution in [0.2, 0.25) is 0 Å². The van der Waals surface area contributed by atoms with Crippen molar-refractivity contribution < 1.29 is 18.7 Å². The molecule has 5 heteroatoms. The summed E-state index contributed by atoms with van der Waals surface area (Å²) < 4.78 is 23.9. The summed E-state index contributed by atoms with van der Waals surface area (Å²) >= 11 is 0. The maximum atomic E-state index is 12.0. The fourth-order valence-corrected chi connectivity index (χ4v) is 1.22. The highest BCUT2D eigenvalue weighted by atomic mass is 19.3. The monoisotopic (exact) mass is 215 g/mol. The highest BCUT2D eigenvalue weighted by Crippen LogP contribution is 2.04. The second-order valence-electron chi connectivity index (χ2n) is 3.05. The van der Waals surface area contributed by atoms with Gasteiger partial charge in [0.25, 0.3) is 6.55 Å². The maximum Gasteiger partial charge on any atom is 0.321 e. The SMILES string of the molecule is O=C(O)C(Cc1ccccc1)NC(F)F. The van der Waals surface area contributed by atoms with E-state index < -0.39 is 18.6 Å². The lowest BCUT2D eigenvalue weighted by molar-refractivity contribution is -0.140. The summed E-state index contributed by atoms with van der Waals surface area (Å²) in [4.78, 5) is 10.6. The standard InChI is InChI=1S/C10H11F2NO2/c11-10(12)13-8(9(14)15)6-7-4-2-1-3-5-7/h1-5,8,10,13H,6H2,(H,14,15). The highest BCUT2D eigenvalue weighted by Gasteiger charge is 2.20. The van der Waals surface area contributed by atoms with E-state index in [-0.39, 0.29) is 6.42 Å². The Bertz CT molecular complexity index is 316. The Kier molecular flexibility index (Phi) is 4.17. The molecule has 1 atom stereocenters. The van der Waals surface area contributed by atoms with Gasteiger partial charge in [-0.1, -0.05) is 30.3 Å². The minimum Gasteiger partial charge on any atom is -0.480 e. The van der Waals surface area contributed by atoms with Gasteiger partial charge < -0.3 is 5.11 Å². The number of hydrogen-bond acceptors (Lipinski definition) is 2. The van der Waals surface area contributed by atoms with Gasteiger partial charge in [0, 0.05) is 0 Å². The molecule has 0 spiro atoms. The van der Waals surface area contributed by atoms with Crippen molar-refractivity contribution in [1.82, 2.24) is 5.32 Å². The number of benzene rings is 1. The second kappa shape index (κ2) is 5.41. The van der Waals surface area contributed by atoms with Gasteiger partial charge in [0.15, 0.2) is 0 Å². The van der Waals surface area contributed by atoms with Crippen LogP contribution in [0.1, 0.15) is 5.56 Å². The van der Waals surface area contributed by atoms with Gasteiger partial charge in [-0.2, -0.15) is 8.78 Å². The summed E-state index contributed by atoms with van der Waals surface area (Å²) in [6.45, 7) is -2.82. The number of nitrogens with one attached hydrogen (secondary N) is 1. The number of carboxylic acids is 1. The number of carbonyl (C=O) groups is 1. The van der Waals surface area contributed by atoms with Crippen LogP contribution >= 0.6 is 0 Å². The van der Waals surface area contributed by atoms with Crippen molar-refractivity contribution in [3.63, 3.8) is 0 Å². The number of alkyl halides is 2. The predicted molar refractivity (Wildman–Crippen MR) is 50.7 cm³/mol. The van der Waals surface area contributed by atoms with Crippen molar-refractivity contribution in [2.45, 2.75) is 19.0 Å². The zero-order chi connectivity index (χ0) is 11.3. The van der Waals surface area contributed by atoms with Gasteiger partial charge in [-0.15, -0.1) is 0 Å². The minimum atomic E-state index is -2.82. The Labute approximate surface area is 85.7 Å². The first-order chi connectivity index (χ1) is 7.09. The molecule has 0 fully saturated rings. The fourth-order valence-electron chi connectivity index (χ4n) is 1.22. The molecule has 0 aromatic heterocycles. The van der Waals surface area contributed by atoms with Crippen molar-refractivity contribution in [3.8, 4) is 0 Å². The summed E-state index contributed by atoms with van der Waals surface area (Å²) in [5.41, 5.74) is 0.707. The van der Waals surface area contributed by atoms with Gasteiger partial charge >= 0.3 is 5.97 Å². The largest absolute Gasteiger partial charge is 0.480 e. The smallest absolute Gasteiger partial charge is 0.321 e. The molecule has 1 aromatic rings. The molecular weight excluding hydrogens is 204 g/mol. The van der Waals surface area contributed by atoms with E-state index in [1.807, 2.05) is 0 Å². The van der Waals surface area contributed by atoms with Crippen LogP contribution in [0.4, 0.5) is 8.78 Å². The Balaban J connectivity index is 2.63. The van der Waals surface area contributed by atoms with E-state index >= 15 is 0 Å². The Morgan fingerprint density at radius 3 is 2.40 bits per heavy atom. The van der Waals surface area contributed by atoms with Crippen LogP contribution in [-0.2, 0) is 11.2 Å². The maximum absolute atomic E-state index is 12.0. The quantitative estimate of drug-likeness (QED) is 0.732. The van der Waals surface area contributed by atoms with Gasteiger partial charge in [-0.05, 0) is 12.0 Å². The van der Waals surface area contributed by atoms with E-state index in [4.69, 9.17) is 5.11 Å². The summed E-state index contributed by atoms with van der Waals surface area (Å²) in [7, 11) is 0. The van der Waals surface area contributed by atoms with Crippen molar-refractivity contribution >= 4 is 5.97 Å². The van der Waals surface area contributed by atoms with E-state index in [0.29, 0.717) is 5.56 Å². The Hall–Kier alpha value is -1.49. The third kappa shape index (κ3) is 4.03. The third-order valence-electron chi connectivity index (χ3n) is 1.91. The molecular formula is C10H11F2NO2. The molecule has 0 aliphatic carbocycles. The van der Waals surface area contributed by atoms with Gasteiger partial charge in [0.2, 0.25) is 0 Å². The zero-order valence-corrected chi connectivity index (χ0v) is 7.86. The number of rotatable bonds is 5. The lowest BCUT2D eigenvalue weighted by Gasteiger charge is -2.13. The molecule has 0 aliphatic heterocycles. The fraction of sp³-hybridized carbons (Fsp3) is 0.300. The molecule has 2 N–H and O–H groups in total. The Morgan fingerprint density at radius 2 is 1.93 bits per heavy atom. The molecule has 0 saturated carbocycles. The van der Waals surface area contributed by atoms with E-state index in [1.165, 1.54) is 0 Å². The van der Waals surface area contributed by atoms with Crippen LogP contribution in [0, 0.1) is 0 Å². The van der Waals surface area contributed by atoms with Gasteiger partial charge in [-0.25, -0.2) is 5.32 Å². The van der Waals surface area contributed by atoms with Crippen LogP contribution in [-0.4, -0.2) is 23.7 Å². The first kappa shape index (κ1) is 11.6. The van der Waals surface area contributed by atoms with Crippen LogP contribution in [0.15, 0.2) is 30.3 Å². The average molecular weight is 215 g/mol. The first-order valence-electron chi connectivity index (χ1n) is 4.40. The summed E-state index contributed by atoms with van der Waals surface area (Å²) in [5, 5.41) is 10.4. The molecule has 0 radical (unpaired) electrons. The number of halogens is 2. The number of hydrogen-bond donors (Lipinski definition) is 2. The van der Waals surface area contributed by atoms with Gasteiger partial charge in [0.05, 0.1) is 0 Å². The van der Waals surface area contributed by atoms with Crippen molar-refractivity contribution in [1.29, 1.82) is 0 Å². The van der Waals surface area contributed by atoms with Gasteiger partial charge in [-0.3, -0.25) is 4.79 Å². The molecule has 1 aromatic carbocycles. The molecule has 0 aliphatic rings. The average Bonchev–Trinajstić information content (AvgIpc) is 2.17. The molecule has 3 nitrogen and oxygen atoms in total. The molecule has 0 bridgehead atoms. The highest BCUT2D eigenvalue weighted by molar-refractivity contribution is 5.73. The molecule has 1 rings (SSSR count). The van der Waals surface area contributed by atoms with E-state index in [2.05, 4.69) is 0 Å². The van der Waals surface area contributed by atoms with Crippen LogP contribution < -0.4 is 5.32 Å². The number of aliphatic carboxylic acids is 1. The first-order valence-corrected chi connectivity index (χ1v) is 4.40. The Morgan fingerprint density at radius 1 is 1.33 bits per heavy atom. The number of carboxylic acid groups (broad SMARTS) is 1. The van der Waals surface area contributed by atoms with Gasteiger partial charge in [0.1, 0.15) is 6.04 Å². The molecule has 15 heavy (non-hydrogen) atoms. The molecule has 82 valence electrons. The molecule has 0 saturated heterocycles. The van der Waals surface area contributed by atoms with Crippen LogP contribution in [0.3, 0.4) is 0 Å². The van der Waals surface area contributed by atoms with E-state index in [0.717, 1.165) is 0 Å². The van der Waals surface area contributed by atoms with Crippen molar-refractivity contribution in [2.75, 3.05) is 0 Å². The predicted octanol–water partition coefficient (Wildman–Crippen LogP) is 1.49. The summed E-state index contributed by atoms with van der Waals surface area (Å²) in [6.07, 6.45) is 0.0422. The molecule has 0 heterocycles. The van der Waals surface area contributed by atoms with Crippen LogP contribution in [0.25, 0.3) is 0 Å².